The van der Waals surface area contributed by atoms with Crippen molar-refractivity contribution in [3.05, 3.63) is 64.7 Å². The van der Waals surface area contributed by atoms with Crippen LogP contribution in [0.1, 0.15) is 69.1 Å². The number of carbonyl (C=O) groups is 4. The van der Waals surface area contributed by atoms with Gasteiger partial charge in [-0.1, -0.05) is 12.1 Å². The molecule has 0 radical (unpaired) electrons. The van der Waals surface area contributed by atoms with Crippen molar-refractivity contribution < 1.29 is 28.7 Å². The standard InChI is InChI=1S/C22H21NO6/c1-12(2)28-21(26)14-9-15(22(27)29-13(3)4)11-16(10-14)23-19(24)17-7-5-6-8-18(17)20(23)25/h5-13H,1-4H3. The van der Waals surface area contributed by atoms with Crippen molar-refractivity contribution >= 4 is 29.4 Å². The summed E-state index contributed by atoms with van der Waals surface area (Å²) < 4.78 is 10.4. The molecule has 29 heavy (non-hydrogen) atoms. The fourth-order valence-corrected chi connectivity index (χ4v) is 2.96. The zero-order valence-electron chi connectivity index (χ0n) is 16.6. The topological polar surface area (TPSA) is 90.0 Å². The van der Waals surface area contributed by atoms with Crippen LogP contribution >= 0.6 is 0 Å². The Morgan fingerprint density at radius 1 is 0.759 bits per heavy atom. The van der Waals surface area contributed by atoms with Crippen LogP contribution in [0.4, 0.5) is 5.69 Å². The Balaban J connectivity index is 2.08. The molecule has 2 amide bonds. The highest BCUT2D eigenvalue weighted by molar-refractivity contribution is 6.34. The molecule has 7 nitrogen and oxygen atoms in total. The smallest absolute Gasteiger partial charge is 0.338 e. The van der Waals surface area contributed by atoms with Crippen molar-refractivity contribution in [1.29, 1.82) is 0 Å². The average Bonchev–Trinajstić information content (AvgIpc) is 2.91. The molecular formula is C22H21NO6. The lowest BCUT2D eigenvalue weighted by atomic mass is 10.1. The van der Waals surface area contributed by atoms with Gasteiger partial charge in [-0.05, 0) is 58.0 Å². The highest BCUT2D eigenvalue weighted by atomic mass is 16.5. The van der Waals surface area contributed by atoms with E-state index in [2.05, 4.69) is 0 Å². The summed E-state index contributed by atoms with van der Waals surface area (Å²) >= 11 is 0. The molecule has 1 aliphatic rings. The molecule has 150 valence electrons. The van der Waals surface area contributed by atoms with Crippen LogP contribution in [-0.2, 0) is 9.47 Å². The van der Waals surface area contributed by atoms with Crippen LogP contribution in [0.2, 0.25) is 0 Å². The van der Waals surface area contributed by atoms with Crippen LogP contribution in [0, 0.1) is 0 Å². The first-order chi connectivity index (χ1) is 13.7. The second kappa shape index (κ2) is 7.87. The van der Waals surface area contributed by atoms with E-state index in [1.54, 1.807) is 52.0 Å². The third-order valence-electron chi connectivity index (χ3n) is 4.13. The molecule has 2 aromatic rings. The van der Waals surface area contributed by atoms with E-state index in [0.29, 0.717) is 0 Å². The Morgan fingerprint density at radius 3 is 1.55 bits per heavy atom. The number of carbonyl (C=O) groups excluding carboxylic acids is 4. The van der Waals surface area contributed by atoms with Gasteiger partial charge < -0.3 is 9.47 Å². The van der Waals surface area contributed by atoms with Crippen molar-refractivity contribution in [2.45, 2.75) is 39.9 Å². The van der Waals surface area contributed by atoms with Gasteiger partial charge in [0, 0.05) is 0 Å². The SMILES string of the molecule is CC(C)OC(=O)c1cc(C(=O)OC(C)C)cc(N2C(=O)c3ccccc3C2=O)c1. The van der Waals surface area contributed by atoms with Crippen molar-refractivity contribution in [3.63, 3.8) is 0 Å². The molecule has 0 fully saturated rings. The van der Waals surface area contributed by atoms with Gasteiger partial charge >= 0.3 is 11.9 Å². The number of hydrogen-bond acceptors (Lipinski definition) is 6. The van der Waals surface area contributed by atoms with Gasteiger partial charge in [-0.15, -0.1) is 0 Å². The first-order valence-corrected chi connectivity index (χ1v) is 9.24. The minimum atomic E-state index is -0.669. The van der Waals surface area contributed by atoms with E-state index in [1.807, 2.05) is 0 Å². The second-order valence-electron chi connectivity index (χ2n) is 7.17. The Kier molecular flexibility index (Phi) is 5.50. The minimum Gasteiger partial charge on any atom is -0.459 e. The van der Waals surface area contributed by atoms with E-state index >= 15 is 0 Å². The van der Waals surface area contributed by atoms with E-state index in [0.717, 1.165) is 4.90 Å². The first kappa shape index (κ1) is 20.3. The second-order valence-corrected chi connectivity index (χ2v) is 7.17. The Hall–Kier alpha value is -3.48. The van der Waals surface area contributed by atoms with Crippen LogP contribution in [0.15, 0.2) is 42.5 Å². The Morgan fingerprint density at radius 2 is 1.17 bits per heavy atom. The third kappa shape index (κ3) is 4.03. The number of ether oxygens (including phenoxy) is 2. The van der Waals surface area contributed by atoms with Gasteiger partial charge in [-0.2, -0.15) is 0 Å². The summed E-state index contributed by atoms with van der Waals surface area (Å²) in [6.07, 6.45) is -0.756. The predicted molar refractivity (Wildman–Crippen MR) is 105 cm³/mol. The summed E-state index contributed by atoms with van der Waals surface area (Å²) in [6, 6.07) is 10.5. The van der Waals surface area contributed by atoms with E-state index in [-0.39, 0.29) is 40.1 Å². The zero-order chi connectivity index (χ0) is 21.3. The molecule has 1 heterocycles. The number of imide groups is 1. The number of amides is 2. The number of fused-ring (bicyclic) bond motifs is 1. The molecule has 0 atom stereocenters. The van der Waals surface area contributed by atoms with Crippen LogP contribution in [0.25, 0.3) is 0 Å². The van der Waals surface area contributed by atoms with Gasteiger partial charge in [0.05, 0.1) is 40.1 Å². The molecule has 0 aromatic heterocycles. The van der Waals surface area contributed by atoms with Gasteiger partial charge in [-0.3, -0.25) is 9.59 Å². The molecule has 0 spiro atoms. The maximum absolute atomic E-state index is 12.8. The summed E-state index contributed by atoms with van der Waals surface area (Å²) in [4.78, 5) is 51.4. The van der Waals surface area contributed by atoms with Crippen molar-refractivity contribution in [3.8, 4) is 0 Å². The molecular weight excluding hydrogens is 374 g/mol. The summed E-state index contributed by atoms with van der Waals surface area (Å²) in [5.41, 5.74) is 0.718. The number of rotatable bonds is 5. The molecule has 0 unspecified atom stereocenters. The van der Waals surface area contributed by atoms with Crippen LogP contribution in [-0.4, -0.2) is 36.0 Å². The molecule has 0 aliphatic carbocycles. The van der Waals surface area contributed by atoms with Crippen LogP contribution in [0.5, 0.6) is 0 Å². The fourth-order valence-electron chi connectivity index (χ4n) is 2.96. The highest BCUT2D eigenvalue weighted by Crippen LogP contribution is 2.30. The molecule has 7 heteroatoms. The highest BCUT2D eigenvalue weighted by Gasteiger charge is 2.37. The fraction of sp³-hybridized carbons (Fsp3) is 0.273. The van der Waals surface area contributed by atoms with E-state index in [1.165, 1.54) is 18.2 Å². The van der Waals surface area contributed by atoms with Gasteiger partial charge in [0.25, 0.3) is 11.8 Å². The summed E-state index contributed by atoms with van der Waals surface area (Å²) in [6.45, 7) is 6.78. The van der Waals surface area contributed by atoms with Crippen molar-refractivity contribution in [2.24, 2.45) is 0 Å². The lowest BCUT2D eigenvalue weighted by molar-refractivity contribution is 0.0376. The van der Waals surface area contributed by atoms with Crippen molar-refractivity contribution in [2.75, 3.05) is 4.90 Å². The lowest BCUT2D eigenvalue weighted by Gasteiger charge is -2.17. The lowest BCUT2D eigenvalue weighted by Crippen LogP contribution is -2.30. The molecule has 1 aliphatic heterocycles. The number of esters is 2. The van der Waals surface area contributed by atoms with Gasteiger partial charge in [0.2, 0.25) is 0 Å². The average molecular weight is 395 g/mol. The van der Waals surface area contributed by atoms with Crippen LogP contribution in [0.3, 0.4) is 0 Å². The molecule has 0 saturated heterocycles. The van der Waals surface area contributed by atoms with Gasteiger partial charge in [-0.25, -0.2) is 14.5 Å². The Bertz CT molecular complexity index is 933. The number of hydrogen-bond donors (Lipinski definition) is 0. The van der Waals surface area contributed by atoms with E-state index in [9.17, 15) is 19.2 Å². The van der Waals surface area contributed by atoms with E-state index < -0.39 is 23.8 Å². The predicted octanol–water partition coefficient (Wildman–Crippen LogP) is 3.62. The maximum atomic E-state index is 12.8. The maximum Gasteiger partial charge on any atom is 0.338 e. The summed E-state index contributed by atoms with van der Waals surface area (Å²) in [5.74, 6) is -2.39. The molecule has 2 aromatic carbocycles. The van der Waals surface area contributed by atoms with Crippen LogP contribution < -0.4 is 4.90 Å². The molecule has 0 N–H and O–H groups in total. The normalized spacial score (nSPS) is 13.1. The quantitative estimate of drug-likeness (QED) is 0.567. The van der Waals surface area contributed by atoms with Gasteiger partial charge in [0.15, 0.2) is 0 Å². The third-order valence-corrected chi connectivity index (χ3v) is 4.13. The molecule has 0 saturated carbocycles. The zero-order valence-corrected chi connectivity index (χ0v) is 16.6. The van der Waals surface area contributed by atoms with Gasteiger partial charge in [0.1, 0.15) is 0 Å². The first-order valence-electron chi connectivity index (χ1n) is 9.24. The van der Waals surface area contributed by atoms with Crippen molar-refractivity contribution in [1.82, 2.24) is 0 Å². The monoisotopic (exact) mass is 395 g/mol. The Labute approximate surface area is 168 Å². The largest absolute Gasteiger partial charge is 0.459 e. The number of benzene rings is 2. The number of anilines is 1. The summed E-state index contributed by atoms with van der Waals surface area (Å²) in [5, 5.41) is 0. The van der Waals surface area contributed by atoms with E-state index in [4.69, 9.17) is 9.47 Å². The molecule has 3 rings (SSSR count). The summed E-state index contributed by atoms with van der Waals surface area (Å²) in [7, 11) is 0. The minimum absolute atomic E-state index is 0.0449. The molecule has 0 bridgehead atoms. The number of nitrogens with zero attached hydrogens (tertiary/aromatic N) is 1.